The number of H-pyrrole nitrogens is 1. The van der Waals surface area contributed by atoms with E-state index in [4.69, 9.17) is 0 Å². The van der Waals surface area contributed by atoms with E-state index in [0.717, 1.165) is 5.56 Å². The summed E-state index contributed by atoms with van der Waals surface area (Å²) in [5.41, 5.74) is 1.30. The Morgan fingerprint density at radius 3 is 2.62 bits per heavy atom. The molecule has 2 aromatic rings. The average molecular weight is 308 g/mol. The normalized spacial score (nSPS) is 11.3. The molecule has 112 valence electrons. The van der Waals surface area contributed by atoms with Crippen LogP contribution in [0.5, 0.6) is 0 Å². The SMILES string of the molecule is CNCc1cccc(CS(=O)(=O)Nc2ccc(=O)[nH]n2)c1. The van der Waals surface area contributed by atoms with Gasteiger partial charge in [0.15, 0.2) is 5.82 Å². The van der Waals surface area contributed by atoms with Gasteiger partial charge in [0.2, 0.25) is 10.0 Å². The summed E-state index contributed by atoms with van der Waals surface area (Å²) in [5, 5.41) is 8.80. The Bertz CT molecular complexity index is 750. The Hall–Kier alpha value is -2.19. The molecule has 0 radical (unpaired) electrons. The van der Waals surface area contributed by atoms with E-state index in [-0.39, 0.29) is 11.6 Å². The van der Waals surface area contributed by atoms with E-state index in [9.17, 15) is 13.2 Å². The zero-order chi connectivity index (χ0) is 15.3. The average Bonchev–Trinajstić information content (AvgIpc) is 2.41. The number of hydrogen-bond donors (Lipinski definition) is 3. The van der Waals surface area contributed by atoms with Gasteiger partial charge in [-0.2, -0.15) is 5.10 Å². The van der Waals surface area contributed by atoms with Crippen molar-refractivity contribution in [3.8, 4) is 0 Å². The lowest BCUT2D eigenvalue weighted by atomic mass is 10.1. The van der Waals surface area contributed by atoms with E-state index in [0.29, 0.717) is 12.1 Å². The van der Waals surface area contributed by atoms with Crippen molar-refractivity contribution in [3.63, 3.8) is 0 Å². The molecule has 0 aliphatic carbocycles. The van der Waals surface area contributed by atoms with E-state index in [1.54, 1.807) is 6.07 Å². The lowest BCUT2D eigenvalue weighted by Crippen LogP contribution is -2.18. The summed E-state index contributed by atoms with van der Waals surface area (Å²) in [6, 6.07) is 9.83. The van der Waals surface area contributed by atoms with E-state index < -0.39 is 15.6 Å². The smallest absolute Gasteiger partial charge is 0.264 e. The monoisotopic (exact) mass is 308 g/mol. The van der Waals surface area contributed by atoms with Gasteiger partial charge in [-0.1, -0.05) is 24.3 Å². The van der Waals surface area contributed by atoms with Gasteiger partial charge in [0, 0.05) is 12.6 Å². The topological polar surface area (TPSA) is 104 Å². The Balaban J connectivity index is 2.11. The van der Waals surface area contributed by atoms with Crippen LogP contribution in [-0.2, 0) is 22.3 Å². The zero-order valence-electron chi connectivity index (χ0n) is 11.5. The van der Waals surface area contributed by atoms with Crippen molar-refractivity contribution in [2.45, 2.75) is 12.3 Å². The van der Waals surface area contributed by atoms with Crippen molar-refractivity contribution in [3.05, 3.63) is 57.9 Å². The number of aromatic amines is 1. The second-order valence-corrected chi connectivity index (χ2v) is 6.24. The van der Waals surface area contributed by atoms with Crippen molar-refractivity contribution in [2.24, 2.45) is 0 Å². The maximum Gasteiger partial charge on any atom is 0.264 e. The number of aromatic nitrogens is 2. The lowest BCUT2D eigenvalue weighted by Gasteiger charge is -2.08. The summed E-state index contributed by atoms with van der Waals surface area (Å²) < 4.78 is 26.5. The summed E-state index contributed by atoms with van der Waals surface area (Å²) in [6.45, 7) is 0.669. The van der Waals surface area contributed by atoms with Crippen LogP contribution in [0.15, 0.2) is 41.2 Å². The predicted molar refractivity (Wildman–Crippen MR) is 80.3 cm³/mol. The van der Waals surface area contributed by atoms with E-state index in [1.807, 2.05) is 25.2 Å². The van der Waals surface area contributed by atoms with Gasteiger partial charge in [-0.15, -0.1) is 0 Å². The van der Waals surface area contributed by atoms with E-state index >= 15 is 0 Å². The highest BCUT2D eigenvalue weighted by Crippen LogP contribution is 2.11. The number of anilines is 1. The van der Waals surface area contributed by atoms with Crippen LogP contribution in [0.2, 0.25) is 0 Å². The van der Waals surface area contributed by atoms with Crippen LogP contribution in [0.1, 0.15) is 11.1 Å². The third-order valence-electron chi connectivity index (χ3n) is 2.67. The van der Waals surface area contributed by atoms with E-state index in [2.05, 4.69) is 20.2 Å². The first-order valence-electron chi connectivity index (χ1n) is 6.27. The molecular weight excluding hydrogens is 292 g/mol. The molecule has 8 heteroatoms. The third kappa shape index (κ3) is 4.69. The van der Waals surface area contributed by atoms with Gasteiger partial charge in [-0.25, -0.2) is 13.5 Å². The lowest BCUT2D eigenvalue weighted by molar-refractivity contribution is 0.600. The number of benzene rings is 1. The Morgan fingerprint density at radius 1 is 1.19 bits per heavy atom. The fourth-order valence-electron chi connectivity index (χ4n) is 1.85. The van der Waals surface area contributed by atoms with Crippen LogP contribution in [0, 0.1) is 0 Å². The first-order valence-corrected chi connectivity index (χ1v) is 7.92. The van der Waals surface area contributed by atoms with Gasteiger partial charge < -0.3 is 5.32 Å². The minimum atomic E-state index is -3.59. The molecule has 0 fully saturated rings. The van der Waals surface area contributed by atoms with Crippen molar-refractivity contribution in [1.29, 1.82) is 0 Å². The third-order valence-corrected chi connectivity index (χ3v) is 3.90. The molecule has 2 rings (SSSR count). The summed E-state index contributed by atoms with van der Waals surface area (Å²) in [7, 11) is -1.76. The molecule has 0 aliphatic heterocycles. The Morgan fingerprint density at radius 2 is 1.95 bits per heavy atom. The van der Waals surface area contributed by atoms with Gasteiger partial charge in [0.1, 0.15) is 0 Å². The fourth-order valence-corrected chi connectivity index (χ4v) is 2.97. The first-order chi connectivity index (χ1) is 9.98. The second-order valence-electron chi connectivity index (χ2n) is 4.52. The van der Waals surface area contributed by atoms with Gasteiger partial charge in [-0.05, 0) is 24.2 Å². The van der Waals surface area contributed by atoms with Crippen molar-refractivity contribution >= 4 is 15.8 Å². The van der Waals surface area contributed by atoms with Gasteiger partial charge in [-0.3, -0.25) is 9.52 Å². The minimum Gasteiger partial charge on any atom is -0.316 e. The maximum absolute atomic E-state index is 12.1. The van der Waals surface area contributed by atoms with Gasteiger partial charge >= 0.3 is 0 Å². The van der Waals surface area contributed by atoms with Crippen molar-refractivity contribution < 1.29 is 8.42 Å². The van der Waals surface area contributed by atoms with Gasteiger partial charge in [0.05, 0.1) is 5.75 Å². The second kappa shape index (κ2) is 6.51. The van der Waals surface area contributed by atoms with Crippen LogP contribution in [0.3, 0.4) is 0 Å². The molecular formula is C13H16N4O3S. The molecule has 1 heterocycles. The highest BCUT2D eigenvalue weighted by Gasteiger charge is 2.13. The Labute approximate surface area is 122 Å². The number of nitrogens with zero attached hydrogens (tertiary/aromatic N) is 1. The molecule has 1 aromatic carbocycles. The van der Waals surface area contributed by atoms with Gasteiger partial charge in [0.25, 0.3) is 5.56 Å². The molecule has 7 nitrogen and oxygen atoms in total. The number of hydrogen-bond acceptors (Lipinski definition) is 5. The molecule has 3 N–H and O–H groups in total. The molecule has 0 saturated heterocycles. The van der Waals surface area contributed by atoms with Crippen molar-refractivity contribution in [1.82, 2.24) is 15.5 Å². The molecule has 21 heavy (non-hydrogen) atoms. The van der Waals surface area contributed by atoms with E-state index in [1.165, 1.54) is 12.1 Å². The van der Waals surface area contributed by atoms with Crippen LogP contribution in [0.4, 0.5) is 5.82 Å². The summed E-state index contributed by atoms with van der Waals surface area (Å²) in [5.74, 6) is -0.0771. The molecule has 0 unspecified atom stereocenters. The first kappa shape index (κ1) is 15.2. The molecule has 0 bridgehead atoms. The number of nitrogens with one attached hydrogen (secondary N) is 3. The van der Waals surface area contributed by atoms with Crippen LogP contribution in [-0.4, -0.2) is 25.7 Å². The Kier molecular flexibility index (Phi) is 4.71. The maximum atomic E-state index is 12.1. The summed E-state index contributed by atoms with van der Waals surface area (Å²) >= 11 is 0. The molecule has 0 amide bonds. The highest BCUT2D eigenvalue weighted by molar-refractivity contribution is 7.91. The minimum absolute atomic E-state index is 0.0842. The van der Waals surface area contributed by atoms with Crippen LogP contribution >= 0.6 is 0 Å². The molecule has 1 aromatic heterocycles. The van der Waals surface area contributed by atoms with Crippen LogP contribution in [0.25, 0.3) is 0 Å². The summed E-state index contributed by atoms with van der Waals surface area (Å²) in [4.78, 5) is 10.9. The fraction of sp³-hybridized carbons (Fsp3) is 0.231. The van der Waals surface area contributed by atoms with Crippen molar-refractivity contribution in [2.75, 3.05) is 11.8 Å². The molecule has 0 aliphatic rings. The highest BCUT2D eigenvalue weighted by atomic mass is 32.2. The zero-order valence-corrected chi connectivity index (χ0v) is 12.3. The summed E-state index contributed by atoms with van der Waals surface area (Å²) in [6.07, 6.45) is 0. The van der Waals surface area contributed by atoms with Crippen LogP contribution < -0.4 is 15.6 Å². The quantitative estimate of drug-likeness (QED) is 0.718. The number of sulfonamides is 1. The molecule has 0 atom stereocenters. The predicted octanol–water partition coefficient (Wildman–Crippen LogP) is 0.431. The largest absolute Gasteiger partial charge is 0.316 e. The molecule has 0 spiro atoms. The molecule has 0 saturated carbocycles. The number of rotatable bonds is 6. The standard InChI is InChI=1S/C13H16N4O3S/c1-14-8-10-3-2-4-11(7-10)9-21(19,20)17-12-5-6-13(18)16-15-12/h2-7,14H,8-9H2,1H3,(H,15,17)(H,16,18).